The number of nitrogens with zero attached hydrogens (tertiary/aromatic N) is 3. The molecule has 0 bridgehead atoms. The number of ether oxygens (including phenoxy) is 3. The largest absolute Gasteiger partial charge is 0.482 e. The van der Waals surface area contributed by atoms with Crippen LogP contribution in [0.2, 0.25) is 0 Å². The van der Waals surface area contributed by atoms with E-state index in [9.17, 15) is 18.0 Å². The lowest BCUT2D eigenvalue weighted by atomic mass is 10.1. The minimum absolute atomic E-state index is 0.0413. The quantitative estimate of drug-likeness (QED) is 0.489. The van der Waals surface area contributed by atoms with Gasteiger partial charge < -0.3 is 19.1 Å². The standard InChI is InChI=1S/C24H23N3O7S/c1-32-21-13-12-19(23(25-21)33-2)27(35(3,30)31)24(29)17-10-8-16(9-11-17)14-26-18-6-4-5-7-20(18)34-15-22(26)28/h4-13H,14-15H2,1-3H3. The van der Waals surface area contributed by atoms with Gasteiger partial charge >= 0.3 is 0 Å². The fourth-order valence-corrected chi connectivity index (χ4v) is 4.56. The topological polar surface area (TPSA) is 115 Å². The van der Waals surface area contributed by atoms with Gasteiger partial charge in [0.1, 0.15) is 11.4 Å². The van der Waals surface area contributed by atoms with Crippen LogP contribution in [0.3, 0.4) is 0 Å². The molecule has 10 nitrogen and oxygen atoms in total. The Hall–Kier alpha value is -4.12. The number of hydrogen-bond acceptors (Lipinski definition) is 8. The van der Waals surface area contributed by atoms with E-state index in [4.69, 9.17) is 14.2 Å². The van der Waals surface area contributed by atoms with Crippen molar-refractivity contribution in [3.8, 4) is 17.5 Å². The zero-order valence-electron chi connectivity index (χ0n) is 19.3. The van der Waals surface area contributed by atoms with Crippen molar-refractivity contribution in [3.05, 3.63) is 71.8 Å². The Bertz CT molecular complexity index is 1370. The molecule has 0 fully saturated rings. The minimum Gasteiger partial charge on any atom is -0.482 e. The van der Waals surface area contributed by atoms with Crippen molar-refractivity contribution in [2.75, 3.05) is 36.3 Å². The van der Waals surface area contributed by atoms with Gasteiger partial charge in [-0.1, -0.05) is 24.3 Å². The van der Waals surface area contributed by atoms with Gasteiger partial charge in [0.2, 0.25) is 21.8 Å². The summed E-state index contributed by atoms with van der Waals surface area (Å²) < 4.78 is 41.5. The highest BCUT2D eigenvalue weighted by Gasteiger charge is 2.31. The molecule has 4 rings (SSSR count). The van der Waals surface area contributed by atoms with E-state index in [1.165, 1.54) is 38.5 Å². The molecule has 2 heterocycles. The number of hydrogen-bond donors (Lipinski definition) is 0. The van der Waals surface area contributed by atoms with Gasteiger partial charge in [0.05, 0.1) is 32.7 Å². The first-order valence-electron chi connectivity index (χ1n) is 10.5. The Labute approximate surface area is 202 Å². The van der Waals surface area contributed by atoms with Crippen LogP contribution in [0.15, 0.2) is 60.7 Å². The summed E-state index contributed by atoms with van der Waals surface area (Å²) in [6.07, 6.45) is 0.921. The summed E-state index contributed by atoms with van der Waals surface area (Å²) in [5.41, 5.74) is 1.50. The highest BCUT2D eigenvalue weighted by molar-refractivity contribution is 7.92. The van der Waals surface area contributed by atoms with Crippen LogP contribution in [0.25, 0.3) is 0 Å². The average Bonchev–Trinajstić information content (AvgIpc) is 2.85. The zero-order valence-corrected chi connectivity index (χ0v) is 20.1. The Balaban J connectivity index is 1.62. The molecule has 3 aromatic rings. The number of sulfonamides is 1. The van der Waals surface area contributed by atoms with E-state index in [2.05, 4.69) is 4.98 Å². The van der Waals surface area contributed by atoms with Crippen molar-refractivity contribution >= 4 is 33.2 Å². The van der Waals surface area contributed by atoms with Gasteiger partial charge in [-0.05, 0) is 35.9 Å². The van der Waals surface area contributed by atoms with Crippen LogP contribution in [0.5, 0.6) is 17.5 Å². The lowest BCUT2D eigenvalue weighted by Crippen LogP contribution is -2.38. The van der Waals surface area contributed by atoms with Gasteiger partial charge in [-0.15, -0.1) is 0 Å². The molecule has 0 saturated carbocycles. The molecule has 2 aromatic carbocycles. The predicted octanol–water partition coefficient (Wildman–Crippen LogP) is 2.63. The zero-order chi connectivity index (χ0) is 25.2. The number of fused-ring (bicyclic) bond motifs is 1. The number of anilines is 2. The second-order valence-corrected chi connectivity index (χ2v) is 9.48. The molecule has 0 saturated heterocycles. The molecular weight excluding hydrogens is 474 g/mol. The molecule has 11 heteroatoms. The van der Waals surface area contributed by atoms with E-state index in [-0.39, 0.29) is 42.1 Å². The highest BCUT2D eigenvalue weighted by atomic mass is 32.2. The average molecular weight is 498 g/mol. The lowest BCUT2D eigenvalue weighted by Gasteiger charge is -2.29. The van der Waals surface area contributed by atoms with Gasteiger partial charge in [-0.25, -0.2) is 8.42 Å². The van der Waals surface area contributed by atoms with Crippen molar-refractivity contribution in [1.82, 2.24) is 4.98 Å². The minimum atomic E-state index is -4.03. The molecule has 1 aromatic heterocycles. The fourth-order valence-electron chi connectivity index (χ4n) is 3.65. The molecule has 0 atom stereocenters. The number of methoxy groups -OCH3 is 2. The monoisotopic (exact) mass is 497 g/mol. The fraction of sp³-hybridized carbons (Fsp3) is 0.208. The van der Waals surface area contributed by atoms with E-state index in [0.717, 1.165) is 11.8 Å². The smallest absolute Gasteiger partial charge is 0.272 e. The van der Waals surface area contributed by atoms with Crippen molar-refractivity contribution in [1.29, 1.82) is 0 Å². The maximum atomic E-state index is 13.3. The van der Waals surface area contributed by atoms with E-state index in [0.29, 0.717) is 15.7 Å². The van der Waals surface area contributed by atoms with Crippen molar-refractivity contribution in [2.45, 2.75) is 6.54 Å². The lowest BCUT2D eigenvalue weighted by molar-refractivity contribution is -0.121. The van der Waals surface area contributed by atoms with Crippen molar-refractivity contribution < 1.29 is 32.2 Å². The van der Waals surface area contributed by atoms with Gasteiger partial charge in [0.15, 0.2) is 6.61 Å². The second kappa shape index (κ2) is 9.63. The summed E-state index contributed by atoms with van der Waals surface area (Å²) in [7, 11) is -1.31. The number of rotatable bonds is 7. The van der Waals surface area contributed by atoms with Crippen LogP contribution in [-0.2, 0) is 21.4 Å². The molecule has 0 radical (unpaired) electrons. The Morgan fingerprint density at radius 1 is 1.06 bits per heavy atom. The molecule has 182 valence electrons. The summed E-state index contributed by atoms with van der Waals surface area (Å²) in [5, 5.41) is 0. The first-order valence-corrected chi connectivity index (χ1v) is 12.3. The highest BCUT2D eigenvalue weighted by Crippen LogP contribution is 2.33. The van der Waals surface area contributed by atoms with E-state index < -0.39 is 15.9 Å². The van der Waals surface area contributed by atoms with E-state index >= 15 is 0 Å². The number of pyridine rings is 1. The number of benzene rings is 2. The number of amides is 2. The van der Waals surface area contributed by atoms with Crippen LogP contribution in [0.1, 0.15) is 15.9 Å². The number of aromatic nitrogens is 1. The summed E-state index contributed by atoms with van der Waals surface area (Å²) in [6.45, 7) is 0.203. The van der Waals surface area contributed by atoms with Crippen molar-refractivity contribution in [2.24, 2.45) is 0 Å². The molecule has 0 spiro atoms. The van der Waals surface area contributed by atoms with Gasteiger partial charge in [0, 0.05) is 11.6 Å². The van der Waals surface area contributed by atoms with Crippen LogP contribution in [-0.4, -0.2) is 52.3 Å². The molecule has 35 heavy (non-hydrogen) atoms. The molecule has 1 aliphatic rings. The van der Waals surface area contributed by atoms with Crippen LogP contribution in [0, 0.1) is 0 Å². The second-order valence-electron chi connectivity index (χ2n) is 7.65. The Kier molecular flexibility index (Phi) is 6.61. The molecule has 0 N–H and O–H groups in total. The maximum Gasteiger partial charge on any atom is 0.272 e. The molecule has 1 aliphatic heterocycles. The summed E-state index contributed by atoms with van der Waals surface area (Å²) in [5.74, 6) is -0.229. The molecule has 0 unspecified atom stereocenters. The van der Waals surface area contributed by atoms with Crippen molar-refractivity contribution in [3.63, 3.8) is 0 Å². The maximum absolute atomic E-state index is 13.3. The third-order valence-electron chi connectivity index (χ3n) is 5.30. The first-order chi connectivity index (χ1) is 16.7. The van der Waals surface area contributed by atoms with Gasteiger partial charge in [-0.2, -0.15) is 9.29 Å². The third kappa shape index (κ3) is 4.90. The predicted molar refractivity (Wildman–Crippen MR) is 129 cm³/mol. The summed E-state index contributed by atoms with van der Waals surface area (Å²) in [6, 6.07) is 16.4. The number of carbonyl (C=O) groups is 2. The van der Waals surface area contributed by atoms with Gasteiger partial charge in [-0.3, -0.25) is 9.59 Å². The summed E-state index contributed by atoms with van der Waals surface area (Å²) >= 11 is 0. The van der Waals surface area contributed by atoms with Crippen LogP contribution in [0.4, 0.5) is 11.4 Å². The Morgan fingerprint density at radius 3 is 2.43 bits per heavy atom. The molecular formula is C24H23N3O7S. The summed E-state index contributed by atoms with van der Waals surface area (Å²) in [4.78, 5) is 31.4. The van der Waals surface area contributed by atoms with Crippen LogP contribution >= 0.6 is 0 Å². The number of para-hydroxylation sites is 2. The third-order valence-corrected chi connectivity index (χ3v) is 6.33. The van der Waals surface area contributed by atoms with E-state index in [1.807, 2.05) is 12.1 Å². The van der Waals surface area contributed by atoms with E-state index in [1.54, 1.807) is 29.2 Å². The SMILES string of the molecule is COc1ccc(N(C(=O)c2ccc(CN3C(=O)COc4ccccc43)cc2)S(C)(=O)=O)c(OC)n1. The number of carbonyl (C=O) groups excluding carboxylic acids is 2. The normalized spacial score (nSPS) is 13.0. The Morgan fingerprint density at radius 2 is 1.77 bits per heavy atom. The molecule has 0 aliphatic carbocycles. The van der Waals surface area contributed by atoms with Gasteiger partial charge in [0.25, 0.3) is 11.8 Å². The molecule has 2 amide bonds. The first kappa shape index (κ1) is 24.0. The van der Waals surface area contributed by atoms with Crippen LogP contribution < -0.4 is 23.4 Å².